The van der Waals surface area contributed by atoms with Crippen LogP contribution in [0.2, 0.25) is 0 Å². The smallest absolute Gasteiger partial charge is 0.233 e. The van der Waals surface area contributed by atoms with Gasteiger partial charge in [-0.1, -0.05) is 18.6 Å². The van der Waals surface area contributed by atoms with Gasteiger partial charge in [-0.2, -0.15) is 0 Å². The number of nitrogens with one attached hydrogen (secondary N) is 1. The highest BCUT2D eigenvalue weighted by Crippen LogP contribution is 2.41. The number of amides is 1. The quantitative estimate of drug-likeness (QED) is 0.691. The van der Waals surface area contributed by atoms with Crippen molar-refractivity contribution in [2.24, 2.45) is 11.1 Å². The molecule has 1 amide bonds. The minimum absolute atomic E-state index is 0.0000463. The number of hydrogen-bond donors (Lipinski definition) is 2. The first-order chi connectivity index (χ1) is 7.40. The number of rotatable bonds is 5. The third kappa shape index (κ3) is 2.52. The highest BCUT2D eigenvalue weighted by Gasteiger charge is 2.46. The number of carbonyl (C=O) groups excluding carboxylic acids is 1. The summed E-state index contributed by atoms with van der Waals surface area (Å²) in [4.78, 5) is 14.4. The fourth-order valence-corrected chi connectivity index (χ4v) is 2.00. The molecular weight excluding hydrogens is 222 g/mol. The van der Waals surface area contributed by atoms with Crippen LogP contribution in [0.5, 0.6) is 0 Å². The Kier molecular flexibility index (Phi) is 4.27. The number of likely N-dealkylation sites (N-methyl/N-ethyl adjacent to an activating group) is 1. The van der Waals surface area contributed by atoms with Gasteiger partial charge in [-0.25, -0.2) is 0 Å². The van der Waals surface area contributed by atoms with Crippen molar-refractivity contribution in [2.75, 3.05) is 20.6 Å². The molecule has 1 unspecified atom stereocenters. The molecular formula is C11H21N3OS. The molecule has 0 spiro atoms. The van der Waals surface area contributed by atoms with E-state index in [1.54, 1.807) is 0 Å². The molecule has 0 heterocycles. The van der Waals surface area contributed by atoms with Crippen molar-refractivity contribution in [2.45, 2.75) is 32.2 Å². The van der Waals surface area contributed by atoms with Gasteiger partial charge in [-0.3, -0.25) is 4.79 Å². The van der Waals surface area contributed by atoms with Crippen molar-refractivity contribution in [1.82, 2.24) is 10.2 Å². The third-order valence-electron chi connectivity index (χ3n) is 3.55. The van der Waals surface area contributed by atoms with Crippen molar-refractivity contribution in [3.8, 4) is 0 Å². The number of nitrogens with zero attached hydrogens (tertiary/aromatic N) is 1. The summed E-state index contributed by atoms with van der Waals surface area (Å²) in [7, 11) is 3.98. The van der Waals surface area contributed by atoms with Gasteiger partial charge in [-0.15, -0.1) is 0 Å². The van der Waals surface area contributed by atoms with Crippen LogP contribution in [-0.2, 0) is 4.79 Å². The van der Waals surface area contributed by atoms with E-state index < -0.39 is 5.41 Å². The molecule has 1 saturated carbocycles. The molecule has 5 heteroatoms. The Morgan fingerprint density at radius 2 is 2.12 bits per heavy atom. The molecule has 0 aromatic rings. The molecule has 4 nitrogen and oxygen atoms in total. The molecule has 0 radical (unpaired) electrons. The largest absolute Gasteiger partial charge is 0.392 e. The zero-order chi connectivity index (χ0) is 12.3. The molecule has 0 aliphatic heterocycles. The van der Waals surface area contributed by atoms with Crippen LogP contribution in [0.1, 0.15) is 26.2 Å². The van der Waals surface area contributed by atoms with Gasteiger partial charge in [-0.05, 0) is 33.9 Å². The van der Waals surface area contributed by atoms with Gasteiger partial charge < -0.3 is 16.0 Å². The summed E-state index contributed by atoms with van der Waals surface area (Å²) in [6.45, 7) is 2.70. The summed E-state index contributed by atoms with van der Waals surface area (Å²) < 4.78 is 0. The summed E-state index contributed by atoms with van der Waals surface area (Å²) in [6, 6.07) is 0.312. The van der Waals surface area contributed by atoms with Gasteiger partial charge >= 0.3 is 0 Å². The average Bonchev–Trinajstić information content (AvgIpc) is 2.11. The maximum Gasteiger partial charge on any atom is 0.233 e. The van der Waals surface area contributed by atoms with Gasteiger partial charge in [0.2, 0.25) is 5.91 Å². The predicted octanol–water partition coefficient (Wildman–Crippen LogP) is 0.509. The second-order valence-corrected chi connectivity index (χ2v) is 5.26. The molecule has 0 bridgehead atoms. The lowest BCUT2D eigenvalue weighted by molar-refractivity contribution is -0.131. The lowest BCUT2D eigenvalue weighted by Crippen LogP contribution is -2.54. The van der Waals surface area contributed by atoms with Crippen molar-refractivity contribution in [3.63, 3.8) is 0 Å². The summed E-state index contributed by atoms with van der Waals surface area (Å²) in [6.07, 6.45) is 2.63. The third-order valence-corrected chi connectivity index (χ3v) is 3.94. The molecule has 3 N–H and O–H groups in total. The first kappa shape index (κ1) is 13.4. The highest BCUT2D eigenvalue weighted by molar-refractivity contribution is 7.80. The van der Waals surface area contributed by atoms with E-state index in [-0.39, 0.29) is 5.91 Å². The molecule has 16 heavy (non-hydrogen) atoms. The molecule has 0 aromatic heterocycles. The van der Waals surface area contributed by atoms with Gasteiger partial charge in [0.1, 0.15) is 0 Å². The normalized spacial score (nSPS) is 20.0. The Hall–Kier alpha value is -0.680. The molecule has 1 aliphatic rings. The lowest BCUT2D eigenvalue weighted by atomic mass is 9.68. The number of carbonyl (C=O) groups is 1. The Labute approximate surface area is 103 Å². The average molecular weight is 243 g/mol. The van der Waals surface area contributed by atoms with E-state index in [0.29, 0.717) is 17.6 Å². The molecule has 1 fully saturated rings. The van der Waals surface area contributed by atoms with E-state index in [9.17, 15) is 4.79 Å². The SMILES string of the molecule is CC(CNC(=O)C1(C(N)=S)CCC1)N(C)C. The van der Waals surface area contributed by atoms with Crippen LogP contribution >= 0.6 is 12.2 Å². The van der Waals surface area contributed by atoms with Crippen molar-refractivity contribution < 1.29 is 4.79 Å². The number of nitrogens with two attached hydrogens (primary N) is 1. The summed E-state index contributed by atoms with van der Waals surface area (Å²) in [5, 5.41) is 2.94. The fraction of sp³-hybridized carbons (Fsp3) is 0.818. The Morgan fingerprint density at radius 1 is 1.56 bits per heavy atom. The molecule has 1 atom stereocenters. The van der Waals surface area contributed by atoms with Crippen molar-refractivity contribution in [3.05, 3.63) is 0 Å². The van der Waals surface area contributed by atoms with Gasteiger partial charge in [0.25, 0.3) is 0 Å². The van der Waals surface area contributed by atoms with Crippen LogP contribution in [0.3, 0.4) is 0 Å². The van der Waals surface area contributed by atoms with Gasteiger partial charge in [0.15, 0.2) is 0 Å². The molecule has 0 aromatic carbocycles. The minimum Gasteiger partial charge on any atom is -0.392 e. The maximum atomic E-state index is 12.0. The summed E-state index contributed by atoms with van der Waals surface area (Å²) in [5.41, 5.74) is 5.11. The van der Waals surface area contributed by atoms with E-state index in [4.69, 9.17) is 18.0 Å². The molecule has 1 aliphatic carbocycles. The van der Waals surface area contributed by atoms with E-state index in [1.807, 2.05) is 14.1 Å². The summed E-state index contributed by atoms with van der Waals surface area (Å²) in [5.74, 6) is -0.0000463. The molecule has 1 rings (SSSR count). The van der Waals surface area contributed by atoms with Crippen molar-refractivity contribution in [1.29, 1.82) is 0 Å². The zero-order valence-electron chi connectivity index (χ0n) is 10.2. The highest BCUT2D eigenvalue weighted by atomic mass is 32.1. The fourth-order valence-electron chi connectivity index (χ4n) is 1.71. The number of hydrogen-bond acceptors (Lipinski definition) is 3. The Bertz CT molecular complexity index is 287. The van der Waals surface area contributed by atoms with Crippen LogP contribution in [0.15, 0.2) is 0 Å². The van der Waals surface area contributed by atoms with Crippen LogP contribution < -0.4 is 11.1 Å². The van der Waals surface area contributed by atoms with E-state index in [0.717, 1.165) is 19.3 Å². The lowest BCUT2D eigenvalue weighted by Gasteiger charge is -2.39. The van der Waals surface area contributed by atoms with Crippen LogP contribution in [-0.4, -0.2) is 42.5 Å². The first-order valence-corrected chi connectivity index (χ1v) is 6.05. The predicted molar refractivity (Wildman–Crippen MR) is 69.2 cm³/mol. The first-order valence-electron chi connectivity index (χ1n) is 5.65. The van der Waals surface area contributed by atoms with Crippen molar-refractivity contribution >= 4 is 23.1 Å². The Balaban J connectivity index is 2.49. The Morgan fingerprint density at radius 3 is 2.44 bits per heavy atom. The molecule has 0 saturated heterocycles. The van der Waals surface area contributed by atoms with E-state index in [2.05, 4.69) is 17.1 Å². The monoisotopic (exact) mass is 243 g/mol. The number of thiocarbonyl (C=S) groups is 1. The maximum absolute atomic E-state index is 12.0. The van der Waals surface area contributed by atoms with E-state index >= 15 is 0 Å². The van der Waals surface area contributed by atoms with Gasteiger partial charge in [0, 0.05) is 12.6 Å². The van der Waals surface area contributed by atoms with Gasteiger partial charge in [0.05, 0.1) is 10.4 Å². The minimum atomic E-state index is -0.554. The second-order valence-electron chi connectivity index (χ2n) is 4.82. The van der Waals surface area contributed by atoms with Crippen LogP contribution in [0, 0.1) is 5.41 Å². The topological polar surface area (TPSA) is 58.4 Å². The molecule has 92 valence electrons. The second kappa shape index (κ2) is 5.10. The zero-order valence-corrected chi connectivity index (χ0v) is 11.1. The van der Waals surface area contributed by atoms with Crippen LogP contribution in [0.4, 0.5) is 0 Å². The van der Waals surface area contributed by atoms with Crippen LogP contribution in [0.25, 0.3) is 0 Å². The summed E-state index contributed by atoms with van der Waals surface area (Å²) >= 11 is 5.00. The standard InChI is InChI=1S/C11H21N3OS/c1-8(14(2)3)7-13-10(15)11(9(12)16)5-4-6-11/h8H,4-7H2,1-3H3,(H2,12,16)(H,13,15). The van der Waals surface area contributed by atoms with E-state index in [1.165, 1.54) is 0 Å².